The van der Waals surface area contributed by atoms with Crippen molar-refractivity contribution < 1.29 is 17.9 Å². The van der Waals surface area contributed by atoms with Gasteiger partial charge in [0.1, 0.15) is 9.77 Å². The average Bonchev–Trinajstić information content (AvgIpc) is 3.04. The predicted octanol–water partition coefficient (Wildman–Crippen LogP) is 3.68. The van der Waals surface area contributed by atoms with E-state index in [1.54, 1.807) is 17.5 Å². The first-order valence-corrected chi connectivity index (χ1v) is 9.61. The fraction of sp³-hybridized carbons (Fsp3) is 0.312. The van der Waals surface area contributed by atoms with Gasteiger partial charge in [-0.05, 0) is 42.0 Å². The molecule has 5 nitrogen and oxygen atoms in total. The number of carbonyl (C=O) groups excluding carboxylic acids is 1. The molecule has 0 amide bonds. The molecule has 1 aromatic carbocycles. The number of methoxy groups -OCH3 is 1. The van der Waals surface area contributed by atoms with Crippen LogP contribution in [-0.4, -0.2) is 21.5 Å². The van der Waals surface area contributed by atoms with Gasteiger partial charge in [0.15, 0.2) is 0 Å². The van der Waals surface area contributed by atoms with Crippen LogP contribution in [0.5, 0.6) is 0 Å². The maximum Gasteiger partial charge on any atom is 0.349 e. The zero-order valence-corrected chi connectivity index (χ0v) is 14.7. The van der Waals surface area contributed by atoms with E-state index < -0.39 is 16.0 Å². The Balaban J connectivity index is 2.18. The summed E-state index contributed by atoms with van der Waals surface area (Å²) in [5, 5.41) is 1.55. The highest BCUT2D eigenvalue weighted by Crippen LogP contribution is 2.25. The monoisotopic (exact) mass is 353 g/mol. The molecule has 0 unspecified atom stereocenters. The largest absolute Gasteiger partial charge is 0.465 e. The highest BCUT2D eigenvalue weighted by molar-refractivity contribution is 7.93. The topological polar surface area (TPSA) is 72.5 Å². The number of ether oxygens (including phenoxy) is 1. The summed E-state index contributed by atoms with van der Waals surface area (Å²) >= 11 is 1.04. The van der Waals surface area contributed by atoms with Gasteiger partial charge in [0.25, 0.3) is 10.0 Å². The number of anilines is 1. The summed E-state index contributed by atoms with van der Waals surface area (Å²) in [5.74, 6) is -0.657. The second kappa shape index (κ2) is 7.61. The van der Waals surface area contributed by atoms with Crippen LogP contribution >= 0.6 is 11.3 Å². The van der Waals surface area contributed by atoms with Gasteiger partial charge >= 0.3 is 5.97 Å². The Morgan fingerprint density at radius 1 is 1.22 bits per heavy atom. The van der Waals surface area contributed by atoms with Crippen LogP contribution in [0.3, 0.4) is 0 Å². The molecule has 0 spiro atoms. The second-order valence-corrected chi connectivity index (χ2v) is 7.58. The Bertz CT molecular complexity index is 764. The molecule has 0 aliphatic heterocycles. The molecule has 0 atom stereocenters. The fourth-order valence-corrected chi connectivity index (χ4v) is 4.48. The Morgan fingerprint density at radius 3 is 2.52 bits per heavy atom. The maximum absolute atomic E-state index is 12.4. The van der Waals surface area contributed by atoms with Crippen LogP contribution in [0.25, 0.3) is 0 Å². The van der Waals surface area contributed by atoms with E-state index in [0.29, 0.717) is 5.69 Å². The molecule has 0 aliphatic carbocycles. The van der Waals surface area contributed by atoms with Gasteiger partial charge < -0.3 is 4.74 Å². The van der Waals surface area contributed by atoms with Crippen molar-refractivity contribution in [3.63, 3.8) is 0 Å². The lowest BCUT2D eigenvalue weighted by atomic mass is 10.1. The third kappa shape index (κ3) is 4.33. The molecule has 0 saturated carbocycles. The van der Waals surface area contributed by atoms with Crippen molar-refractivity contribution in [3.05, 3.63) is 46.2 Å². The number of sulfonamides is 1. The highest BCUT2D eigenvalue weighted by Gasteiger charge is 2.24. The normalized spacial score (nSPS) is 11.2. The molecule has 2 aromatic rings. The molecule has 0 fully saturated rings. The van der Waals surface area contributed by atoms with Gasteiger partial charge in [-0.1, -0.05) is 25.5 Å². The lowest BCUT2D eigenvalue weighted by Gasteiger charge is -2.09. The summed E-state index contributed by atoms with van der Waals surface area (Å²) in [6.07, 6.45) is 3.19. The molecule has 0 aliphatic rings. The minimum atomic E-state index is -3.83. The number of benzene rings is 1. The van der Waals surface area contributed by atoms with Gasteiger partial charge in [-0.15, -0.1) is 11.3 Å². The van der Waals surface area contributed by atoms with E-state index in [9.17, 15) is 13.2 Å². The van der Waals surface area contributed by atoms with Crippen LogP contribution in [0, 0.1) is 0 Å². The molecule has 0 bridgehead atoms. The molecule has 1 N–H and O–H groups in total. The molecule has 23 heavy (non-hydrogen) atoms. The number of hydrogen-bond acceptors (Lipinski definition) is 5. The third-order valence-electron chi connectivity index (χ3n) is 3.31. The van der Waals surface area contributed by atoms with Crippen LogP contribution in [-0.2, 0) is 21.2 Å². The summed E-state index contributed by atoms with van der Waals surface area (Å²) in [7, 11) is -2.60. The van der Waals surface area contributed by atoms with Gasteiger partial charge in [-0.2, -0.15) is 0 Å². The predicted molar refractivity (Wildman–Crippen MR) is 91.5 cm³/mol. The molecule has 1 heterocycles. The average molecular weight is 353 g/mol. The molecular formula is C16H19NO4S2. The zero-order valence-electron chi connectivity index (χ0n) is 13.0. The van der Waals surface area contributed by atoms with E-state index >= 15 is 0 Å². The first-order chi connectivity index (χ1) is 11.0. The molecule has 1 aromatic heterocycles. The smallest absolute Gasteiger partial charge is 0.349 e. The van der Waals surface area contributed by atoms with Crippen molar-refractivity contribution in [1.82, 2.24) is 0 Å². The van der Waals surface area contributed by atoms with Crippen molar-refractivity contribution in [3.8, 4) is 0 Å². The number of esters is 1. The molecular weight excluding hydrogens is 334 g/mol. The van der Waals surface area contributed by atoms with Crippen molar-refractivity contribution in [2.45, 2.75) is 31.1 Å². The SMILES string of the molecule is CCCCc1ccc(NS(=O)(=O)c2ccsc2C(=O)OC)cc1. The molecule has 2 rings (SSSR count). The number of thiophene rings is 1. The van der Waals surface area contributed by atoms with Gasteiger partial charge in [-0.3, -0.25) is 4.72 Å². The van der Waals surface area contributed by atoms with Crippen LogP contribution in [0.4, 0.5) is 5.69 Å². The maximum atomic E-state index is 12.4. The van der Waals surface area contributed by atoms with E-state index in [0.717, 1.165) is 30.6 Å². The van der Waals surface area contributed by atoms with Crippen LogP contribution < -0.4 is 4.72 Å². The number of carbonyl (C=O) groups is 1. The lowest BCUT2D eigenvalue weighted by Crippen LogP contribution is -2.15. The summed E-state index contributed by atoms with van der Waals surface area (Å²) < 4.78 is 32.0. The Kier molecular flexibility index (Phi) is 5.79. The number of rotatable bonds is 7. The minimum Gasteiger partial charge on any atom is -0.465 e. The minimum absolute atomic E-state index is 0.0654. The van der Waals surface area contributed by atoms with E-state index in [2.05, 4.69) is 16.4 Å². The van der Waals surface area contributed by atoms with E-state index in [1.807, 2.05) is 12.1 Å². The lowest BCUT2D eigenvalue weighted by molar-refractivity contribution is 0.0602. The first-order valence-electron chi connectivity index (χ1n) is 7.25. The van der Waals surface area contributed by atoms with Crippen LogP contribution in [0.1, 0.15) is 35.0 Å². The second-order valence-electron chi connectivity index (χ2n) is 5.01. The molecule has 0 radical (unpaired) electrons. The first kappa shape index (κ1) is 17.5. The standard InChI is InChI=1S/C16H19NO4S2/c1-3-4-5-12-6-8-13(9-7-12)17-23(19,20)14-10-11-22-15(14)16(18)21-2/h6-11,17H,3-5H2,1-2H3. The summed E-state index contributed by atoms with van der Waals surface area (Å²) in [6, 6.07) is 8.67. The number of aryl methyl sites for hydroxylation is 1. The quantitative estimate of drug-likeness (QED) is 0.771. The summed E-state index contributed by atoms with van der Waals surface area (Å²) in [5.41, 5.74) is 1.63. The van der Waals surface area contributed by atoms with Crippen LogP contribution in [0.15, 0.2) is 40.6 Å². The Morgan fingerprint density at radius 2 is 1.91 bits per heavy atom. The number of unbranched alkanes of at least 4 members (excludes halogenated alkanes) is 1. The Labute approximate surface area is 140 Å². The third-order valence-corrected chi connectivity index (χ3v) is 5.76. The molecule has 7 heteroatoms. The number of hydrogen-bond donors (Lipinski definition) is 1. The van der Waals surface area contributed by atoms with E-state index in [1.165, 1.54) is 18.7 Å². The zero-order chi connectivity index (χ0) is 16.9. The van der Waals surface area contributed by atoms with Crippen molar-refractivity contribution in [2.24, 2.45) is 0 Å². The number of nitrogens with one attached hydrogen (secondary N) is 1. The highest BCUT2D eigenvalue weighted by atomic mass is 32.2. The summed E-state index contributed by atoms with van der Waals surface area (Å²) in [6.45, 7) is 2.13. The van der Waals surface area contributed by atoms with Crippen molar-refractivity contribution in [1.29, 1.82) is 0 Å². The van der Waals surface area contributed by atoms with Gasteiger partial charge in [-0.25, -0.2) is 13.2 Å². The van der Waals surface area contributed by atoms with Crippen molar-refractivity contribution >= 4 is 33.0 Å². The van der Waals surface area contributed by atoms with Crippen molar-refractivity contribution in [2.75, 3.05) is 11.8 Å². The van der Waals surface area contributed by atoms with Gasteiger partial charge in [0.05, 0.1) is 7.11 Å². The van der Waals surface area contributed by atoms with E-state index in [-0.39, 0.29) is 9.77 Å². The van der Waals surface area contributed by atoms with Gasteiger partial charge in [0, 0.05) is 5.69 Å². The fourth-order valence-electron chi connectivity index (χ4n) is 2.08. The summed E-state index contributed by atoms with van der Waals surface area (Å²) in [4.78, 5) is 11.6. The Hall–Kier alpha value is -1.86. The van der Waals surface area contributed by atoms with E-state index in [4.69, 9.17) is 0 Å². The molecule has 0 saturated heterocycles. The van der Waals surface area contributed by atoms with Gasteiger partial charge in [0.2, 0.25) is 0 Å². The molecule has 124 valence electrons. The van der Waals surface area contributed by atoms with Crippen LogP contribution in [0.2, 0.25) is 0 Å².